The Balaban J connectivity index is 2.48. The summed E-state index contributed by atoms with van der Waals surface area (Å²) < 4.78 is 12.3. The van der Waals surface area contributed by atoms with E-state index >= 15 is 0 Å². The number of rotatable bonds is 4. The summed E-state index contributed by atoms with van der Waals surface area (Å²) in [6, 6.07) is 11.0. The monoisotopic (exact) mass is 400 g/mol. The normalized spacial score (nSPS) is 12.1. The minimum atomic E-state index is -0.797. The Morgan fingerprint density at radius 2 is 1.60 bits per heavy atom. The van der Waals surface area contributed by atoms with E-state index in [4.69, 9.17) is 9.47 Å². The molecule has 0 aliphatic rings. The van der Waals surface area contributed by atoms with Crippen LogP contribution in [0.3, 0.4) is 0 Å². The summed E-state index contributed by atoms with van der Waals surface area (Å²) in [6.07, 6.45) is -0.797. The van der Waals surface area contributed by atoms with Crippen LogP contribution in [-0.2, 0) is 0 Å². The number of aliphatic hydroxyl groups is 1. The molecule has 20 heavy (non-hydrogen) atoms. The largest absolute Gasteiger partial charge is 0.497 e. The Morgan fingerprint density at radius 1 is 0.950 bits per heavy atom. The number of benzene rings is 2. The van der Waals surface area contributed by atoms with Crippen molar-refractivity contribution >= 4 is 31.9 Å². The number of halogens is 2. The van der Waals surface area contributed by atoms with Gasteiger partial charge in [0.15, 0.2) is 0 Å². The summed E-state index contributed by atoms with van der Waals surface area (Å²) in [7, 11) is 3.17. The predicted octanol–water partition coefficient (Wildman–Crippen LogP) is 4.31. The Hall–Kier alpha value is -1.04. The highest BCUT2D eigenvalue weighted by Crippen LogP contribution is 2.35. The fourth-order valence-corrected chi connectivity index (χ4v) is 3.29. The fraction of sp³-hybridized carbons (Fsp3) is 0.200. The van der Waals surface area contributed by atoms with Gasteiger partial charge in [-0.25, -0.2) is 0 Å². The first kappa shape index (κ1) is 15.4. The molecule has 0 aromatic heterocycles. The van der Waals surface area contributed by atoms with E-state index in [1.165, 1.54) is 0 Å². The first-order chi connectivity index (χ1) is 9.55. The molecule has 1 unspecified atom stereocenters. The van der Waals surface area contributed by atoms with Gasteiger partial charge in [0, 0.05) is 14.5 Å². The van der Waals surface area contributed by atoms with Crippen LogP contribution < -0.4 is 9.47 Å². The van der Waals surface area contributed by atoms with E-state index in [1.807, 2.05) is 18.2 Å². The molecule has 0 heterocycles. The van der Waals surface area contributed by atoms with Crippen LogP contribution in [0, 0.1) is 0 Å². The zero-order chi connectivity index (χ0) is 14.7. The van der Waals surface area contributed by atoms with Crippen molar-refractivity contribution in [1.82, 2.24) is 0 Å². The average Bonchev–Trinajstić information content (AvgIpc) is 2.44. The number of aliphatic hydroxyl groups excluding tert-OH is 1. The van der Waals surface area contributed by atoms with Crippen LogP contribution in [0.1, 0.15) is 17.2 Å². The number of ether oxygens (including phenoxy) is 2. The molecule has 1 atom stereocenters. The molecule has 0 amide bonds. The molecule has 5 heteroatoms. The smallest absolute Gasteiger partial charge is 0.125 e. The van der Waals surface area contributed by atoms with Gasteiger partial charge in [-0.2, -0.15) is 0 Å². The van der Waals surface area contributed by atoms with E-state index < -0.39 is 6.10 Å². The van der Waals surface area contributed by atoms with Crippen LogP contribution in [0.25, 0.3) is 0 Å². The summed E-state index contributed by atoms with van der Waals surface area (Å²) in [5, 5.41) is 10.6. The molecule has 0 aliphatic carbocycles. The van der Waals surface area contributed by atoms with Gasteiger partial charge in [-0.15, -0.1) is 0 Å². The van der Waals surface area contributed by atoms with Crippen molar-refractivity contribution < 1.29 is 14.6 Å². The molecule has 0 aliphatic heterocycles. The maximum atomic E-state index is 10.6. The van der Waals surface area contributed by atoms with E-state index in [2.05, 4.69) is 31.9 Å². The van der Waals surface area contributed by atoms with Gasteiger partial charge in [-0.05, 0) is 42.0 Å². The van der Waals surface area contributed by atoms with Gasteiger partial charge >= 0.3 is 0 Å². The van der Waals surface area contributed by atoms with Crippen molar-refractivity contribution in [2.24, 2.45) is 0 Å². The molecule has 0 saturated carbocycles. The van der Waals surface area contributed by atoms with Gasteiger partial charge in [0.05, 0.1) is 14.2 Å². The van der Waals surface area contributed by atoms with Crippen molar-refractivity contribution in [3.63, 3.8) is 0 Å². The van der Waals surface area contributed by atoms with E-state index in [-0.39, 0.29) is 0 Å². The molecule has 1 N–H and O–H groups in total. The topological polar surface area (TPSA) is 38.7 Å². The lowest BCUT2D eigenvalue weighted by molar-refractivity contribution is 0.214. The van der Waals surface area contributed by atoms with E-state index in [9.17, 15) is 5.11 Å². The zero-order valence-corrected chi connectivity index (χ0v) is 14.2. The Morgan fingerprint density at radius 3 is 2.15 bits per heavy atom. The summed E-state index contributed by atoms with van der Waals surface area (Å²) in [4.78, 5) is 0. The fourth-order valence-electron chi connectivity index (χ4n) is 1.97. The predicted molar refractivity (Wildman–Crippen MR) is 85.4 cm³/mol. The first-order valence-electron chi connectivity index (χ1n) is 5.91. The molecule has 3 nitrogen and oxygen atoms in total. The second-order valence-electron chi connectivity index (χ2n) is 4.21. The van der Waals surface area contributed by atoms with Gasteiger partial charge in [0.1, 0.15) is 17.6 Å². The van der Waals surface area contributed by atoms with Gasteiger partial charge in [0.2, 0.25) is 0 Å². The molecule has 2 aromatic carbocycles. The summed E-state index contributed by atoms with van der Waals surface area (Å²) >= 11 is 6.84. The maximum Gasteiger partial charge on any atom is 0.125 e. The molecule has 0 saturated heterocycles. The minimum absolute atomic E-state index is 0.620. The van der Waals surface area contributed by atoms with Crippen molar-refractivity contribution in [2.45, 2.75) is 6.10 Å². The Kier molecular flexibility index (Phi) is 5.07. The molecule has 0 fully saturated rings. The molecule has 0 spiro atoms. The molecule has 106 valence electrons. The second kappa shape index (κ2) is 6.61. The molecule has 0 radical (unpaired) electrons. The zero-order valence-electron chi connectivity index (χ0n) is 11.1. The van der Waals surface area contributed by atoms with Crippen LogP contribution in [0.4, 0.5) is 0 Å². The standard InChI is InChI=1S/C15H14Br2O3/c1-19-12-3-4-14(20-2)13(8-12)15(18)9-5-10(16)7-11(17)6-9/h3-8,15,18H,1-2H3. The first-order valence-corrected chi connectivity index (χ1v) is 7.49. The lowest BCUT2D eigenvalue weighted by Crippen LogP contribution is -2.03. The summed E-state index contributed by atoms with van der Waals surface area (Å²) in [5.74, 6) is 1.29. The highest BCUT2D eigenvalue weighted by Gasteiger charge is 2.17. The van der Waals surface area contributed by atoms with Crippen molar-refractivity contribution in [1.29, 1.82) is 0 Å². The molecule has 0 bridgehead atoms. The molecular weight excluding hydrogens is 388 g/mol. The Labute approximate surface area is 134 Å². The van der Waals surface area contributed by atoms with Gasteiger partial charge in [0.25, 0.3) is 0 Å². The third kappa shape index (κ3) is 3.34. The highest BCUT2D eigenvalue weighted by atomic mass is 79.9. The number of hydrogen-bond acceptors (Lipinski definition) is 3. The van der Waals surface area contributed by atoms with Crippen LogP contribution >= 0.6 is 31.9 Å². The Bertz CT molecular complexity index is 594. The molecule has 2 aromatic rings. The van der Waals surface area contributed by atoms with E-state index in [1.54, 1.807) is 32.4 Å². The number of hydrogen-bond donors (Lipinski definition) is 1. The average molecular weight is 402 g/mol. The maximum absolute atomic E-state index is 10.6. The minimum Gasteiger partial charge on any atom is -0.497 e. The van der Waals surface area contributed by atoms with Crippen LogP contribution in [-0.4, -0.2) is 19.3 Å². The number of methoxy groups -OCH3 is 2. The van der Waals surface area contributed by atoms with Crippen molar-refractivity contribution in [3.05, 3.63) is 56.5 Å². The third-order valence-electron chi connectivity index (χ3n) is 2.93. The summed E-state index contributed by atoms with van der Waals surface area (Å²) in [6.45, 7) is 0. The van der Waals surface area contributed by atoms with Crippen molar-refractivity contribution in [2.75, 3.05) is 14.2 Å². The van der Waals surface area contributed by atoms with Crippen LogP contribution in [0.2, 0.25) is 0 Å². The van der Waals surface area contributed by atoms with E-state index in [0.717, 1.165) is 14.5 Å². The van der Waals surface area contributed by atoms with Gasteiger partial charge in [-0.1, -0.05) is 31.9 Å². The van der Waals surface area contributed by atoms with E-state index in [0.29, 0.717) is 17.1 Å². The van der Waals surface area contributed by atoms with Gasteiger partial charge < -0.3 is 14.6 Å². The molecule has 2 rings (SSSR count). The lowest BCUT2D eigenvalue weighted by Gasteiger charge is -2.17. The SMILES string of the molecule is COc1ccc(OC)c(C(O)c2cc(Br)cc(Br)c2)c1. The van der Waals surface area contributed by atoms with Crippen molar-refractivity contribution in [3.8, 4) is 11.5 Å². The summed E-state index contributed by atoms with van der Waals surface area (Å²) in [5.41, 5.74) is 1.43. The second-order valence-corrected chi connectivity index (χ2v) is 6.04. The highest BCUT2D eigenvalue weighted by molar-refractivity contribution is 9.11. The molecular formula is C15H14Br2O3. The van der Waals surface area contributed by atoms with Crippen LogP contribution in [0.15, 0.2) is 45.3 Å². The lowest BCUT2D eigenvalue weighted by atomic mass is 10.0. The quantitative estimate of drug-likeness (QED) is 0.829. The van der Waals surface area contributed by atoms with Crippen LogP contribution in [0.5, 0.6) is 11.5 Å². The van der Waals surface area contributed by atoms with Gasteiger partial charge in [-0.3, -0.25) is 0 Å². The third-order valence-corrected chi connectivity index (χ3v) is 3.85.